The van der Waals surface area contributed by atoms with Crippen molar-refractivity contribution >= 4 is 18.3 Å². The third-order valence-electron chi connectivity index (χ3n) is 3.97. The molecule has 0 aliphatic carbocycles. The topological polar surface area (TPSA) is 41.6 Å². The van der Waals surface area contributed by atoms with Crippen LogP contribution in [0.4, 0.5) is 0 Å². The molecule has 0 radical (unpaired) electrons. The summed E-state index contributed by atoms with van der Waals surface area (Å²) >= 11 is 0. The molecule has 1 N–H and O–H groups in total. The Hall–Kier alpha value is -1.26. The van der Waals surface area contributed by atoms with E-state index >= 15 is 0 Å². The average Bonchev–Trinajstić information content (AvgIpc) is 2.47. The third kappa shape index (κ3) is 4.61. The van der Waals surface area contributed by atoms with Crippen LogP contribution in [0.2, 0.25) is 0 Å². The number of carbonyl (C=O) groups is 1. The number of piperazine rings is 1. The molecule has 4 nitrogen and oxygen atoms in total. The number of benzene rings is 1. The molecule has 0 saturated carbocycles. The molecule has 21 heavy (non-hydrogen) atoms. The van der Waals surface area contributed by atoms with Crippen molar-refractivity contribution in [2.75, 3.05) is 26.7 Å². The van der Waals surface area contributed by atoms with Crippen LogP contribution in [0.5, 0.6) is 5.75 Å². The Bertz CT molecular complexity index is 467. The second-order valence-corrected chi connectivity index (χ2v) is 5.52. The molecular formula is C16H25ClN2O2. The highest BCUT2D eigenvalue weighted by Gasteiger charge is 2.24. The first-order valence-electron chi connectivity index (χ1n) is 7.26. The van der Waals surface area contributed by atoms with Crippen LogP contribution >= 0.6 is 12.4 Å². The minimum Gasteiger partial charge on any atom is -0.497 e. The molecule has 1 fully saturated rings. The molecule has 118 valence electrons. The van der Waals surface area contributed by atoms with E-state index in [-0.39, 0.29) is 30.3 Å². The molecule has 1 saturated heterocycles. The Kier molecular flexibility index (Phi) is 6.99. The zero-order chi connectivity index (χ0) is 14.5. The van der Waals surface area contributed by atoms with Gasteiger partial charge in [-0.15, -0.1) is 12.4 Å². The van der Waals surface area contributed by atoms with Crippen LogP contribution in [-0.2, 0) is 4.79 Å². The number of nitrogens with zero attached hydrogens (tertiary/aromatic N) is 1. The summed E-state index contributed by atoms with van der Waals surface area (Å²) in [6, 6.07) is 8.26. The maximum Gasteiger partial charge on any atom is 0.223 e. The summed E-state index contributed by atoms with van der Waals surface area (Å²) in [6.07, 6.45) is 0.553. The van der Waals surface area contributed by atoms with Crippen molar-refractivity contribution in [2.24, 2.45) is 0 Å². The van der Waals surface area contributed by atoms with Gasteiger partial charge in [-0.3, -0.25) is 4.79 Å². The summed E-state index contributed by atoms with van der Waals surface area (Å²) in [5.41, 5.74) is 1.15. The zero-order valence-corrected chi connectivity index (χ0v) is 13.8. The number of halogens is 1. The lowest BCUT2D eigenvalue weighted by Crippen LogP contribution is -2.52. The zero-order valence-electron chi connectivity index (χ0n) is 13.0. The summed E-state index contributed by atoms with van der Waals surface area (Å²) in [5.74, 6) is 1.30. The van der Waals surface area contributed by atoms with Gasteiger partial charge in [0.1, 0.15) is 5.75 Å². The highest BCUT2D eigenvalue weighted by Crippen LogP contribution is 2.24. The summed E-state index contributed by atoms with van der Waals surface area (Å²) in [4.78, 5) is 14.4. The summed E-state index contributed by atoms with van der Waals surface area (Å²) in [6.45, 7) is 6.79. The maximum absolute atomic E-state index is 12.4. The molecule has 2 rings (SSSR count). The first kappa shape index (κ1) is 17.8. The molecule has 1 aliphatic heterocycles. The molecule has 1 aromatic rings. The number of methoxy groups -OCH3 is 1. The van der Waals surface area contributed by atoms with E-state index in [1.807, 2.05) is 23.1 Å². The Morgan fingerprint density at radius 3 is 2.95 bits per heavy atom. The van der Waals surface area contributed by atoms with E-state index in [1.54, 1.807) is 7.11 Å². The molecule has 5 heteroatoms. The minimum absolute atomic E-state index is 0. The van der Waals surface area contributed by atoms with Crippen molar-refractivity contribution in [1.29, 1.82) is 0 Å². The predicted molar refractivity (Wildman–Crippen MR) is 87.3 cm³/mol. The SMILES string of the molecule is COc1cccc(C(C)CC(=O)N2CCNC[C@H]2C)c1.Cl. The molecule has 1 aromatic carbocycles. The second kappa shape index (κ2) is 8.25. The highest BCUT2D eigenvalue weighted by atomic mass is 35.5. The number of nitrogens with one attached hydrogen (secondary N) is 1. The van der Waals surface area contributed by atoms with E-state index in [0.717, 1.165) is 30.9 Å². The molecule has 0 bridgehead atoms. The van der Waals surface area contributed by atoms with Gasteiger partial charge < -0.3 is 15.0 Å². The summed E-state index contributed by atoms with van der Waals surface area (Å²) in [5, 5.41) is 3.31. The molecule has 2 atom stereocenters. The maximum atomic E-state index is 12.4. The van der Waals surface area contributed by atoms with Crippen LogP contribution < -0.4 is 10.1 Å². The van der Waals surface area contributed by atoms with Gasteiger partial charge >= 0.3 is 0 Å². The minimum atomic E-state index is 0. The predicted octanol–water partition coefficient (Wildman–Crippen LogP) is 2.43. The number of hydrogen-bond acceptors (Lipinski definition) is 3. The smallest absolute Gasteiger partial charge is 0.223 e. The fourth-order valence-electron chi connectivity index (χ4n) is 2.66. The van der Waals surface area contributed by atoms with Gasteiger partial charge in [-0.1, -0.05) is 19.1 Å². The number of ether oxygens (including phenoxy) is 1. The van der Waals surface area contributed by atoms with E-state index in [2.05, 4.69) is 25.2 Å². The van der Waals surface area contributed by atoms with E-state index < -0.39 is 0 Å². The van der Waals surface area contributed by atoms with Crippen molar-refractivity contribution in [1.82, 2.24) is 10.2 Å². The lowest BCUT2D eigenvalue weighted by molar-refractivity contribution is -0.134. The Labute approximate surface area is 133 Å². The summed E-state index contributed by atoms with van der Waals surface area (Å²) in [7, 11) is 1.66. The number of rotatable bonds is 4. The van der Waals surface area contributed by atoms with Gasteiger partial charge in [0.05, 0.1) is 7.11 Å². The quantitative estimate of drug-likeness (QED) is 0.928. The molecule has 1 aliphatic rings. The fourth-order valence-corrected chi connectivity index (χ4v) is 2.66. The Balaban J connectivity index is 0.00000220. The number of carbonyl (C=O) groups excluding carboxylic acids is 1. The van der Waals surface area contributed by atoms with Crippen molar-refractivity contribution in [3.63, 3.8) is 0 Å². The summed E-state index contributed by atoms with van der Waals surface area (Å²) < 4.78 is 5.24. The molecular weight excluding hydrogens is 288 g/mol. The average molecular weight is 313 g/mol. The molecule has 1 heterocycles. The van der Waals surface area contributed by atoms with Crippen LogP contribution in [0.15, 0.2) is 24.3 Å². The van der Waals surface area contributed by atoms with Crippen molar-refractivity contribution < 1.29 is 9.53 Å². The van der Waals surface area contributed by atoms with Gasteiger partial charge in [-0.25, -0.2) is 0 Å². The van der Waals surface area contributed by atoms with Gasteiger partial charge in [-0.05, 0) is 30.5 Å². The molecule has 0 aromatic heterocycles. The number of amides is 1. The fraction of sp³-hybridized carbons (Fsp3) is 0.562. The Morgan fingerprint density at radius 2 is 2.29 bits per heavy atom. The van der Waals surface area contributed by atoms with Gasteiger partial charge in [0.15, 0.2) is 0 Å². The monoisotopic (exact) mass is 312 g/mol. The van der Waals surface area contributed by atoms with Crippen LogP contribution in [0.25, 0.3) is 0 Å². The largest absolute Gasteiger partial charge is 0.497 e. The third-order valence-corrected chi connectivity index (χ3v) is 3.97. The van der Waals surface area contributed by atoms with E-state index in [1.165, 1.54) is 0 Å². The van der Waals surface area contributed by atoms with E-state index in [4.69, 9.17) is 4.74 Å². The molecule has 1 unspecified atom stereocenters. The van der Waals surface area contributed by atoms with E-state index in [0.29, 0.717) is 6.42 Å². The van der Waals surface area contributed by atoms with Gasteiger partial charge in [0.2, 0.25) is 5.91 Å². The first-order valence-corrected chi connectivity index (χ1v) is 7.26. The number of hydrogen-bond donors (Lipinski definition) is 1. The van der Waals surface area contributed by atoms with Gasteiger partial charge in [0.25, 0.3) is 0 Å². The van der Waals surface area contributed by atoms with Crippen LogP contribution in [0, 0.1) is 0 Å². The van der Waals surface area contributed by atoms with Crippen LogP contribution in [-0.4, -0.2) is 43.6 Å². The van der Waals surface area contributed by atoms with E-state index in [9.17, 15) is 4.79 Å². The van der Waals surface area contributed by atoms with Crippen molar-refractivity contribution in [3.05, 3.63) is 29.8 Å². The van der Waals surface area contributed by atoms with Crippen molar-refractivity contribution in [3.8, 4) is 5.75 Å². The normalized spacial score (nSPS) is 19.6. The van der Waals surface area contributed by atoms with Gasteiger partial charge in [0, 0.05) is 32.1 Å². The molecule has 1 amide bonds. The lowest BCUT2D eigenvalue weighted by Gasteiger charge is -2.34. The van der Waals surface area contributed by atoms with Crippen LogP contribution in [0.3, 0.4) is 0 Å². The van der Waals surface area contributed by atoms with Crippen molar-refractivity contribution in [2.45, 2.75) is 32.2 Å². The first-order chi connectivity index (χ1) is 9.61. The standard InChI is InChI=1S/C16H24N2O2.ClH/c1-12(14-5-4-6-15(10-14)20-3)9-16(19)18-8-7-17-11-13(18)2;/h4-6,10,12-13,17H,7-9,11H2,1-3H3;1H/t12?,13-;/m1./s1. The lowest BCUT2D eigenvalue weighted by atomic mass is 9.96. The van der Waals surface area contributed by atoms with Crippen LogP contribution in [0.1, 0.15) is 31.7 Å². The second-order valence-electron chi connectivity index (χ2n) is 5.52. The van der Waals surface area contributed by atoms with Gasteiger partial charge in [-0.2, -0.15) is 0 Å². The molecule has 0 spiro atoms. The Morgan fingerprint density at radius 1 is 1.52 bits per heavy atom. The highest BCUT2D eigenvalue weighted by molar-refractivity contribution is 5.85.